The van der Waals surface area contributed by atoms with Crippen molar-refractivity contribution in [2.75, 3.05) is 11.3 Å². The number of anilines is 1. The fourth-order valence-corrected chi connectivity index (χ4v) is 5.52. The first-order valence-electron chi connectivity index (χ1n) is 11.5. The Kier molecular flexibility index (Phi) is 6.22. The van der Waals surface area contributed by atoms with Crippen molar-refractivity contribution < 1.29 is 17.9 Å². The molecule has 0 spiro atoms. The zero-order valence-electron chi connectivity index (χ0n) is 20.3. The molecule has 0 radical (unpaired) electrons. The lowest BCUT2D eigenvalue weighted by Crippen LogP contribution is -2.19. The van der Waals surface area contributed by atoms with Gasteiger partial charge < -0.3 is 9.47 Å². The lowest BCUT2D eigenvalue weighted by Gasteiger charge is -2.16. The summed E-state index contributed by atoms with van der Waals surface area (Å²) in [6.45, 7) is 3.98. The Balaban J connectivity index is 1.63. The number of ether oxygens (including phenoxy) is 2. The van der Waals surface area contributed by atoms with Crippen molar-refractivity contribution in [2.45, 2.75) is 4.90 Å². The molecule has 1 aromatic heterocycles. The third-order valence-corrected chi connectivity index (χ3v) is 7.48. The first-order valence-corrected chi connectivity index (χ1v) is 13.0. The predicted octanol–water partition coefficient (Wildman–Crippen LogP) is 5.19. The Labute approximate surface area is 214 Å². The van der Waals surface area contributed by atoms with Crippen LogP contribution in [0.1, 0.15) is 0 Å². The van der Waals surface area contributed by atoms with Gasteiger partial charge in [0.05, 0.1) is 21.6 Å². The zero-order chi connectivity index (χ0) is 26.2. The number of benzene rings is 4. The standard InChI is InChI=1S/C28H25N3O5S/c1-4-15-35-20-11-8-12-21(16-20)36-26-18-25-24(30(2)28(32)31(25)3)17-23(26)29-37(33,34)27-14-7-10-19-9-5-6-13-22(19)27/h4-14,16-18,29H,1,15H2,2-3H3. The van der Waals surface area contributed by atoms with Gasteiger partial charge in [-0.15, -0.1) is 0 Å². The Morgan fingerprint density at radius 3 is 2.35 bits per heavy atom. The van der Waals surface area contributed by atoms with Gasteiger partial charge >= 0.3 is 5.69 Å². The van der Waals surface area contributed by atoms with Gasteiger partial charge in [0, 0.05) is 31.6 Å². The van der Waals surface area contributed by atoms with E-state index >= 15 is 0 Å². The van der Waals surface area contributed by atoms with Crippen molar-refractivity contribution in [3.05, 3.63) is 102 Å². The minimum Gasteiger partial charge on any atom is -0.489 e. The number of nitrogens with one attached hydrogen (secondary N) is 1. The van der Waals surface area contributed by atoms with Crippen LogP contribution in [0.5, 0.6) is 17.2 Å². The van der Waals surface area contributed by atoms with Gasteiger partial charge in [-0.25, -0.2) is 13.2 Å². The summed E-state index contributed by atoms with van der Waals surface area (Å²) in [5, 5.41) is 1.40. The second-order valence-corrected chi connectivity index (χ2v) is 10.1. The van der Waals surface area contributed by atoms with E-state index < -0.39 is 10.0 Å². The van der Waals surface area contributed by atoms with Crippen molar-refractivity contribution in [3.8, 4) is 17.2 Å². The first kappa shape index (κ1) is 24.2. The maximum Gasteiger partial charge on any atom is 0.328 e. The van der Waals surface area contributed by atoms with Crippen LogP contribution in [0.15, 0.2) is 101 Å². The SMILES string of the molecule is C=CCOc1cccc(Oc2cc3c(cc2NS(=O)(=O)c2cccc4ccccc24)n(C)c(=O)n3C)c1. The van der Waals surface area contributed by atoms with Gasteiger partial charge in [-0.1, -0.05) is 55.1 Å². The monoisotopic (exact) mass is 515 g/mol. The minimum absolute atomic E-state index is 0.137. The summed E-state index contributed by atoms with van der Waals surface area (Å²) in [6.07, 6.45) is 1.64. The first-order chi connectivity index (χ1) is 17.8. The highest BCUT2D eigenvalue weighted by Gasteiger charge is 2.22. The Morgan fingerprint density at radius 1 is 0.892 bits per heavy atom. The summed E-state index contributed by atoms with van der Waals surface area (Å²) in [6, 6.07) is 22.6. The molecule has 0 amide bonds. The summed E-state index contributed by atoms with van der Waals surface area (Å²) in [5.41, 5.74) is 1.10. The van der Waals surface area contributed by atoms with Gasteiger partial charge in [0.1, 0.15) is 18.1 Å². The summed E-state index contributed by atoms with van der Waals surface area (Å²) in [4.78, 5) is 12.7. The summed E-state index contributed by atoms with van der Waals surface area (Å²) >= 11 is 0. The number of imidazole rings is 1. The quantitative estimate of drug-likeness (QED) is 0.287. The highest BCUT2D eigenvalue weighted by molar-refractivity contribution is 7.93. The number of sulfonamides is 1. The summed E-state index contributed by atoms with van der Waals surface area (Å²) in [5.74, 6) is 1.24. The van der Waals surface area contributed by atoms with Gasteiger partial charge in [-0.3, -0.25) is 13.9 Å². The molecule has 0 aliphatic heterocycles. The van der Waals surface area contributed by atoms with Crippen LogP contribution in [0.3, 0.4) is 0 Å². The van der Waals surface area contributed by atoms with Gasteiger partial charge in [0.2, 0.25) is 0 Å². The van der Waals surface area contributed by atoms with Crippen molar-refractivity contribution >= 4 is 37.5 Å². The molecular formula is C28H25N3O5S. The molecule has 9 heteroatoms. The average Bonchev–Trinajstić information content (AvgIpc) is 3.10. The second-order valence-electron chi connectivity index (χ2n) is 8.50. The molecule has 5 aromatic rings. The summed E-state index contributed by atoms with van der Waals surface area (Å²) in [7, 11) is -0.735. The lowest BCUT2D eigenvalue weighted by molar-refractivity contribution is 0.360. The summed E-state index contributed by atoms with van der Waals surface area (Å²) < 4.78 is 44.6. The largest absolute Gasteiger partial charge is 0.489 e. The number of hydrogen-bond acceptors (Lipinski definition) is 5. The van der Waals surface area contributed by atoms with Crippen LogP contribution in [0.25, 0.3) is 21.8 Å². The van der Waals surface area contributed by atoms with Crippen LogP contribution in [0.2, 0.25) is 0 Å². The molecule has 1 heterocycles. The fourth-order valence-electron chi connectivity index (χ4n) is 4.23. The number of aromatic nitrogens is 2. The molecule has 8 nitrogen and oxygen atoms in total. The van der Waals surface area contributed by atoms with Gasteiger partial charge in [-0.2, -0.15) is 0 Å². The van der Waals surface area contributed by atoms with E-state index in [4.69, 9.17) is 9.47 Å². The highest BCUT2D eigenvalue weighted by Crippen LogP contribution is 2.36. The topological polar surface area (TPSA) is 91.6 Å². The number of fused-ring (bicyclic) bond motifs is 2. The van der Waals surface area contributed by atoms with E-state index in [1.807, 2.05) is 18.2 Å². The Bertz CT molecular complexity index is 1810. The molecule has 4 aromatic carbocycles. The van der Waals surface area contributed by atoms with Crippen molar-refractivity contribution in [1.82, 2.24) is 9.13 Å². The van der Waals surface area contributed by atoms with Crippen molar-refractivity contribution in [3.63, 3.8) is 0 Å². The predicted molar refractivity (Wildman–Crippen MR) is 145 cm³/mol. The molecule has 0 aliphatic rings. The van der Waals surface area contributed by atoms with Gasteiger partial charge in [-0.05, 0) is 29.7 Å². The molecule has 0 atom stereocenters. The molecule has 0 unspecified atom stereocenters. The smallest absolute Gasteiger partial charge is 0.328 e. The molecule has 188 valence electrons. The molecule has 0 saturated carbocycles. The molecule has 0 aliphatic carbocycles. The van der Waals surface area contributed by atoms with Crippen LogP contribution in [0, 0.1) is 0 Å². The van der Waals surface area contributed by atoms with Crippen LogP contribution in [-0.2, 0) is 24.1 Å². The molecule has 37 heavy (non-hydrogen) atoms. The minimum atomic E-state index is -4.02. The molecule has 0 fully saturated rings. The molecule has 5 rings (SSSR count). The fraction of sp³-hybridized carbons (Fsp3) is 0.107. The molecular weight excluding hydrogens is 490 g/mol. The maximum absolute atomic E-state index is 13.6. The normalized spacial score (nSPS) is 11.5. The maximum atomic E-state index is 13.6. The average molecular weight is 516 g/mol. The zero-order valence-corrected chi connectivity index (χ0v) is 21.2. The van der Waals surface area contributed by atoms with Crippen LogP contribution >= 0.6 is 0 Å². The van der Waals surface area contributed by atoms with E-state index in [9.17, 15) is 13.2 Å². The van der Waals surface area contributed by atoms with Crippen molar-refractivity contribution in [1.29, 1.82) is 0 Å². The number of hydrogen-bond donors (Lipinski definition) is 1. The number of nitrogens with zero attached hydrogens (tertiary/aromatic N) is 2. The second kappa shape index (κ2) is 9.51. The Morgan fingerprint density at radius 2 is 1.57 bits per heavy atom. The van der Waals surface area contributed by atoms with Crippen LogP contribution in [-0.4, -0.2) is 24.2 Å². The lowest BCUT2D eigenvalue weighted by atomic mass is 10.1. The van der Waals surface area contributed by atoms with E-state index in [0.717, 1.165) is 5.39 Å². The molecule has 0 bridgehead atoms. The van der Waals surface area contributed by atoms with E-state index in [1.54, 1.807) is 80.8 Å². The van der Waals surface area contributed by atoms with Crippen LogP contribution < -0.4 is 19.9 Å². The van der Waals surface area contributed by atoms with Gasteiger partial charge in [0.25, 0.3) is 10.0 Å². The number of aryl methyl sites for hydroxylation is 2. The van der Waals surface area contributed by atoms with Crippen LogP contribution in [0.4, 0.5) is 5.69 Å². The third-order valence-electron chi connectivity index (χ3n) is 6.06. The van der Waals surface area contributed by atoms with E-state index in [-0.39, 0.29) is 22.0 Å². The molecule has 1 N–H and O–H groups in total. The van der Waals surface area contributed by atoms with E-state index in [1.165, 1.54) is 9.13 Å². The Hall–Kier alpha value is -4.50. The molecule has 0 saturated heterocycles. The third kappa shape index (κ3) is 4.56. The highest BCUT2D eigenvalue weighted by atomic mass is 32.2. The van der Waals surface area contributed by atoms with Crippen molar-refractivity contribution in [2.24, 2.45) is 14.1 Å². The number of rotatable bonds is 8. The van der Waals surface area contributed by atoms with Gasteiger partial charge in [0.15, 0.2) is 5.75 Å². The van der Waals surface area contributed by atoms with E-state index in [0.29, 0.717) is 34.5 Å². The van der Waals surface area contributed by atoms with E-state index in [2.05, 4.69) is 11.3 Å².